The number of carbonyl (C=O) groups is 1. The molecule has 0 aliphatic heterocycles. The third-order valence-corrected chi connectivity index (χ3v) is 10.8. The Bertz CT molecular complexity index is 1110. The molecule has 338 valence electrons. The number of nitrogens with zero attached hydrogens (tertiary/aromatic N) is 1. The van der Waals surface area contributed by atoms with Crippen LogP contribution in [0.3, 0.4) is 0 Å². The zero-order valence-corrected chi connectivity index (χ0v) is 39.2. The van der Waals surface area contributed by atoms with Gasteiger partial charge in [0.2, 0.25) is 0 Å². The molecular weight excluding hydrogens is 746 g/mol. The average Bonchev–Trinajstić information content (AvgIpc) is 3.18. The highest BCUT2D eigenvalue weighted by atomic mass is 31.2. The predicted molar refractivity (Wildman–Crippen MR) is 247 cm³/mol. The van der Waals surface area contributed by atoms with E-state index < -0.39 is 13.9 Å². The summed E-state index contributed by atoms with van der Waals surface area (Å²) in [6.07, 6.45) is 52.5. The summed E-state index contributed by atoms with van der Waals surface area (Å²) in [6.45, 7) is 5.48. The molecule has 0 fully saturated rings. The highest BCUT2D eigenvalue weighted by Crippen LogP contribution is 2.43. The third kappa shape index (κ3) is 45.3. The maximum absolute atomic E-state index is 12.7. The Labute approximate surface area is 358 Å². The van der Waals surface area contributed by atoms with Gasteiger partial charge in [-0.2, -0.15) is 0 Å². The zero-order valence-electron chi connectivity index (χ0n) is 38.3. The SMILES string of the molecule is CC/C=C\C/C=C\C/C=C\C/C=C\C/C=C\CCCCCCCCOCC(COP(=O)(O)OCC[N+](C)(C)C)OC(=O)CCCCCCCCCCCCCCCC. The highest BCUT2D eigenvalue weighted by Gasteiger charge is 2.26. The van der Waals surface area contributed by atoms with Gasteiger partial charge in [0.1, 0.15) is 19.3 Å². The van der Waals surface area contributed by atoms with Crippen molar-refractivity contribution in [3.05, 3.63) is 60.8 Å². The first-order valence-electron chi connectivity index (χ1n) is 23.5. The van der Waals surface area contributed by atoms with Gasteiger partial charge < -0.3 is 18.9 Å². The largest absolute Gasteiger partial charge is 0.472 e. The molecule has 0 saturated carbocycles. The van der Waals surface area contributed by atoms with Crippen molar-refractivity contribution in [2.45, 2.75) is 193 Å². The number of hydrogen-bond acceptors (Lipinski definition) is 6. The van der Waals surface area contributed by atoms with Crippen LogP contribution in [0.1, 0.15) is 187 Å². The zero-order chi connectivity index (χ0) is 42.7. The molecule has 2 unspecified atom stereocenters. The maximum Gasteiger partial charge on any atom is 0.472 e. The van der Waals surface area contributed by atoms with E-state index in [9.17, 15) is 14.3 Å². The van der Waals surface area contributed by atoms with Crippen LogP contribution in [0.4, 0.5) is 0 Å². The van der Waals surface area contributed by atoms with E-state index in [1.807, 2.05) is 21.1 Å². The lowest BCUT2D eigenvalue weighted by Gasteiger charge is -2.24. The van der Waals surface area contributed by atoms with Crippen LogP contribution in [0.15, 0.2) is 60.8 Å². The molecule has 58 heavy (non-hydrogen) atoms. The molecule has 0 amide bonds. The second-order valence-electron chi connectivity index (χ2n) is 16.8. The molecule has 0 aromatic carbocycles. The van der Waals surface area contributed by atoms with Crippen molar-refractivity contribution < 1.29 is 37.3 Å². The maximum atomic E-state index is 12.7. The molecule has 0 aromatic rings. The Hall–Kier alpha value is -1.80. The summed E-state index contributed by atoms with van der Waals surface area (Å²) in [7, 11) is 1.65. The number of quaternary nitrogens is 1. The summed E-state index contributed by atoms with van der Waals surface area (Å²) in [5.41, 5.74) is 0. The molecule has 0 rings (SSSR count). The van der Waals surface area contributed by atoms with E-state index in [1.54, 1.807) is 0 Å². The number of allylic oxidation sites excluding steroid dienone is 10. The van der Waals surface area contributed by atoms with Crippen molar-refractivity contribution in [2.75, 3.05) is 54.1 Å². The topological polar surface area (TPSA) is 91.3 Å². The summed E-state index contributed by atoms with van der Waals surface area (Å²) in [4.78, 5) is 22.9. The van der Waals surface area contributed by atoms with Gasteiger partial charge in [0.05, 0.1) is 34.4 Å². The number of likely N-dealkylation sites (N-methyl/N-ethyl adjacent to an activating group) is 1. The van der Waals surface area contributed by atoms with E-state index in [0.29, 0.717) is 24.1 Å². The molecule has 0 radical (unpaired) electrons. The molecular formula is C49H91NO7P+. The van der Waals surface area contributed by atoms with Gasteiger partial charge in [0.15, 0.2) is 0 Å². The Kier molecular flexibility index (Phi) is 40.6. The van der Waals surface area contributed by atoms with Crippen LogP contribution < -0.4 is 0 Å². The van der Waals surface area contributed by atoms with E-state index in [4.69, 9.17) is 18.5 Å². The third-order valence-electron chi connectivity index (χ3n) is 9.84. The fourth-order valence-corrected chi connectivity index (χ4v) is 6.97. The molecule has 2 atom stereocenters. The summed E-state index contributed by atoms with van der Waals surface area (Å²) in [5, 5.41) is 0. The molecule has 0 aliphatic carbocycles. The summed E-state index contributed by atoms with van der Waals surface area (Å²) in [6, 6.07) is 0. The minimum absolute atomic E-state index is 0.0841. The van der Waals surface area contributed by atoms with E-state index in [0.717, 1.165) is 77.0 Å². The second kappa shape index (κ2) is 41.9. The van der Waals surface area contributed by atoms with Crippen molar-refractivity contribution in [3.63, 3.8) is 0 Å². The first kappa shape index (κ1) is 56.2. The van der Waals surface area contributed by atoms with Crippen LogP contribution in [0.2, 0.25) is 0 Å². The first-order chi connectivity index (χ1) is 28.1. The minimum atomic E-state index is -4.28. The normalized spacial score (nSPS) is 14.2. The monoisotopic (exact) mass is 837 g/mol. The van der Waals surface area contributed by atoms with Crippen molar-refractivity contribution in [1.82, 2.24) is 0 Å². The second-order valence-corrected chi connectivity index (χ2v) is 18.2. The molecule has 0 aromatic heterocycles. The van der Waals surface area contributed by atoms with Gasteiger partial charge in [-0.3, -0.25) is 13.8 Å². The lowest BCUT2D eigenvalue weighted by atomic mass is 10.0. The number of rotatable bonds is 43. The fraction of sp³-hybridized carbons (Fsp3) is 0.776. The first-order valence-corrected chi connectivity index (χ1v) is 25.0. The Morgan fingerprint density at radius 1 is 0.552 bits per heavy atom. The smallest absolute Gasteiger partial charge is 0.457 e. The Balaban J connectivity index is 4.21. The highest BCUT2D eigenvalue weighted by molar-refractivity contribution is 7.47. The van der Waals surface area contributed by atoms with Crippen molar-refractivity contribution in [2.24, 2.45) is 0 Å². The van der Waals surface area contributed by atoms with Gasteiger partial charge in [-0.05, 0) is 57.8 Å². The number of phosphoric ester groups is 1. The minimum Gasteiger partial charge on any atom is -0.457 e. The van der Waals surface area contributed by atoms with Gasteiger partial charge in [-0.1, -0.05) is 184 Å². The molecule has 0 saturated heterocycles. The molecule has 0 heterocycles. The van der Waals surface area contributed by atoms with Crippen molar-refractivity contribution in [3.8, 4) is 0 Å². The Morgan fingerprint density at radius 2 is 1.00 bits per heavy atom. The summed E-state index contributed by atoms with van der Waals surface area (Å²) in [5.74, 6) is -0.320. The van der Waals surface area contributed by atoms with E-state index in [2.05, 4.69) is 74.6 Å². The van der Waals surface area contributed by atoms with Crippen LogP contribution >= 0.6 is 7.82 Å². The van der Waals surface area contributed by atoms with Gasteiger partial charge in [0, 0.05) is 13.0 Å². The summed E-state index contributed by atoms with van der Waals surface area (Å²) >= 11 is 0. The average molecular weight is 837 g/mol. The van der Waals surface area contributed by atoms with Crippen molar-refractivity contribution >= 4 is 13.8 Å². The number of unbranched alkanes of at least 4 members (excludes halogenated alkanes) is 19. The van der Waals surface area contributed by atoms with E-state index >= 15 is 0 Å². The van der Waals surface area contributed by atoms with E-state index in [-0.39, 0.29) is 25.8 Å². The van der Waals surface area contributed by atoms with Crippen LogP contribution in [0.25, 0.3) is 0 Å². The van der Waals surface area contributed by atoms with Gasteiger partial charge in [-0.25, -0.2) is 4.57 Å². The van der Waals surface area contributed by atoms with Gasteiger partial charge in [0.25, 0.3) is 0 Å². The number of esters is 1. The lowest BCUT2D eigenvalue weighted by Crippen LogP contribution is -2.37. The Morgan fingerprint density at radius 3 is 1.50 bits per heavy atom. The number of phosphoric acid groups is 1. The van der Waals surface area contributed by atoms with Crippen molar-refractivity contribution in [1.29, 1.82) is 0 Å². The summed E-state index contributed by atoms with van der Waals surface area (Å²) < 4.78 is 35.0. The quantitative estimate of drug-likeness (QED) is 0.0215. The molecule has 9 heteroatoms. The standard InChI is InChI=1S/C49H90NO7P/c1-6-8-10-12-14-16-18-20-22-23-24-25-26-27-28-29-31-33-35-37-39-41-44-54-46-48(47-56-58(52,53)55-45-43-50(3,4)5)57-49(51)42-40-38-36-34-32-30-21-19-17-15-13-11-9-7-2/h8,10,14,16,20,22,24-25,27-28,48H,6-7,9,11-13,15,17-19,21,23,26,29-47H2,1-5H3/p+1/b10-8-,16-14-,22-20-,25-24-,28-27-. The molecule has 8 nitrogen and oxygen atoms in total. The van der Waals surface area contributed by atoms with E-state index in [1.165, 1.54) is 89.9 Å². The lowest BCUT2D eigenvalue weighted by molar-refractivity contribution is -0.870. The predicted octanol–water partition coefficient (Wildman–Crippen LogP) is 14.1. The number of hydrogen-bond donors (Lipinski definition) is 1. The molecule has 0 aliphatic rings. The molecule has 1 N–H and O–H groups in total. The number of ether oxygens (including phenoxy) is 2. The van der Waals surface area contributed by atoms with Crippen LogP contribution in [0, 0.1) is 0 Å². The fourth-order valence-electron chi connectivity index (χ4n) is 6.23. The van der Waals surface area contributed by atoms with Crippen LogP contribution in [0.5, 0.6) is 0 Å². The molecule has 0 bridgehead atoms. The van der Waals surface area contributed by atoms with Gasteiger partial charge in [-0.15, -0.1) is 0 Å². The van der Waals surface area contributed by atoms with Crippen LogP contribution in [-0.4, -0.2) is 75.6 Å². The number of carbonyl (C=O) groups excluding carboxylic acids is 1. The van der Waals surface area contributed by atoms with Gasteiger partial charge >= 0.3 is 13.8 Å². The molecule has 0 spiro atoms. The van der Waals surface area contributed by atoms with Crippen LogP contribution in [-0.2, 0) is 27.9 Å².